The number of carbonyl (C=O) groups excluding carboxylic acids is 1. The molecule has 0 amide bonds. The van der Waals surface area contributed by atoms with Gasteiger partial charge in [-0.25, -0.2) is 9.97 Å². The third-order valence-corrected chi connectivity index (χ3v) is 6.98. The molecule has 2 aliphatic rings. The van der Waals surface area contributed by atoms with E-state index in [0.717, 1.165) is 35.5 Å². The van der Waals surface area contributed by atoms with Gasteiger partial charge in [-0.05, 0) is 44.1 Å². The highest BCUT2D eigenvalue weighted by atomic mass is 32.2. The molecule has 21 heavy (non-hydrogen) atoms. The summed E-state index contributed by atoms with van der Waals surface area (Å²) in [6.45, 7) is 0. The van der Waals surface area contributed by atoms with Gasteiger partial charge < -0.3 is 0 Å². The minimum atomic E-state index is 0.107. The predicted octanol–water partition coefficient (Wildman–Crippen LogP) is 4.17. The lowest BCUT2D eigenvalue weighted by Crippen LogP contribution is -2.21. The van der Waals surface area contributed by atoms with Gasteiger partial charge in [0.15, 0.2) is 0 Å². The average Bonchev–Trinajstić information content (AvgIpc) is 2.89. The fourth-order valence-corrected chi connectivity index (χ4v) is 5.90. The van der Waals surface area contributed by atoms with Crippen LogP contribution in [0, 0.1) is 0 Å². The van der Waals surface area contributed by atoms with Crippen LogP contribution in [0.15, 0.2) is 11.4 Å². The number of rotatable bonds is 2. The molecular formula is C16H18N2OS2. The first kappa shape index (κ1) is 13.7. The summed E-state index contributed by atoms with van der Waals surface area (Å²) in [5.74, 6) is 0.405. The lowest BCUT2D eigenvalue weighted by molar-refractivity contribution is -0.119. The minimum Gasteiger partial charge on any atom is -0.298 e. The second-order valence-corrected chi connectivity index (χ2v) is 8.16. The van der Waals surface area contributed by atoms with E-state index < -0.39 is 0 Å². The first-order valence-corrected chi connectivity index (χ1v) is 9.47. The monoisotopic (exact) mass is 318 g/mol. The van der Waals surface area contributed by atoms with E-state index in [0.29, 0.717) is 5.78 Å². The predicted molar refractivity (Wildman–Crippen MR) is 87.2 cm³/mol. The number of nitrogens with zero attached hydrogens (tertiary/aromatic N) is 2. The van der Waals surface area contributed by atoms with Gasteiger partial charge >= 0.3 is 0 Å². The van der Waals surface area contributed by atoms with Crippen molar-refractivity contribution in [2.75, 3.05) is 0 Å². The molecule has 1 atom stereocenters. The van der Waals surface area contributed by atoms with Gasteiger partial charge in [-0.1, -0.05) is 18.2 Å². The third-order valence-electron chi connectivity index (χ3n) is 4.47. The Morgan fingerprint density at radius 1 is 1.10 bits per heavy atom. The maximum absolute atomic E-state index is 12.1. The van der Waals surface area contributed by atoms with E-state index in [9.17, 15) is 4.79 Å². The molecule has 2 heterocycles. The molecule has 0 spiro atoms. The number of carbonyl (C=O) groups is 1. The number of thioether (sulfide) groups is 1. The largest absolute Gasteiger partial charge is 0.298 e. The van der Waals surface area contributed by atoms with Crippen LogP contribution < -0.4 is 0 Å². The van der Waals surface area contributed by atoms with Crippen molar-refractivity contribution in [1.82, 2.24) is 9.97 Å². The molecule has 2 aromatic heterocycles. The van der Waals surface area contributed by atoms with Crippen molar-refractivity contribution in [2.24, 2.45) is 0 Å². The van der Waals surface area contributed by atoms with Crippen molar-refractivity contribution in [3.8, 4) is 0 Å². The Kier molecular flexibility index (Phi) is 3.71. The molecular weight excluding hydrogens is 300 g/mol. The van der Waals surface area contributed by atoms with E-state index in [4.69, 9.17) is 0 Å². The molecule has 5 heteroatoms. The second kappa shape index (κ2) is 5.69. The van der Waals surface area contributed by atoms with Gasteiger partial charge in [0, 0.05) is 16.7 Å². The van der Waals surface area contributed by atoms with Crippen LogP contribution in [0.3, 0.4) is 0 Å². The number of hydrogen-bond acceptors (Lipinski definition) is 5. The van der Waals surface area contributed by atoms with E-state index in [2.05, 4.69) is 9.97 Å². The molecule has 3 nitrogen and oxygen atoms in total. The maximum Gasteiger partial charge on any atom is 0.146 e. The van der Waals surface area contributed by atoms with Crippen molar-refractivity contribution in [1.29, 1.82) is 0 Å². The Morgan fingerprint density at radius 2 is 1.95 bits per heavy atom. The summed E-state index contributed by atoms with van der Waals surface area (Å²) in [5, 5.41) is 2.40. The number of aromatic nitrogens is 2. The van der Waals surface area contributed by atoms with Gasteiger partial charge in [0.05, 0.1) is 5.25 Å². The Morgan fingerprint density at radius 3 is 2.86 bits per heavy atom. The van der Waals surface area contributed by atoms with E-state index >= 15 is 0 Å². The van der Waals surface area contributed by atoms with Crippen molar-refractivity contribution >= 4 is 39.1 Å². The van der Waals surface area contributed by atoms with E-state index in [1.54, 1.807) is 18.1 Å². The summed E-state index contributed by atoms with van der Waals surface area (Å²) in [7, 11) is 0. The zero-order chi connectivity index (χ0) is 14.2. The summed E-state index contributed by atoms with van der Waals surface area (Å²) >= 11 is 3.51. The highest BCUT2D eigenvalue weighted by molar-refractivity contribution is 8.00. The standard InChI is InChI=1S/C16H18N2OS2/c19-11-6-2-4-8-13(11)21-16-14-10-5-1-3-7-12(10)20-15(14)17-9-18-16/h9,13H,1-8H2/t13-/m0/s1. The van der Waals surface area contributed by atoms with Gasteiger partial charge in [-0.15, -0.1) is 11.3 Å². The van der Waals surface area contributed by atoms with Gasteiger partial charge in [-0.3, -0.25) is 4.79 Å². The van der Waals surface area contributed by atoms with Crippen LogP contribution in [-0.2, 0) is 17.6 Å². The van der Waals surface area contributed by atoms with Crippen LogP contribution in [0.2, 0.25) is 0 Å². The SMILES string of the molecule is O=C1CCCC[C@@H]1Sc1ncnc2sc3c(c12)CCCC3. The van der Waals surface area contributed by atoms with E-state index in [1.165, 1.54) is 41.5 Å². The first-order valence-electron chi connectivity index (χ1n) is 7.77. The third kappa shape index (κ3) is 2.50. The van der Waals surface area contributed by atoms with Crippen molar-refractivity contribution in [2.45, 2.75) is 61.6 Å². The summed E-state index contributed by atoms with van der Waals surface area (Å²) in [6, 6.07) is 0. The van der Waals surface area contributed by atoms with Crippen LogP contribution in [0.4, 0.5) is 0 Å². The lowest BCUT2D eigenvalue weighted by Gasteiger charge is -2.20. The Hall–Kier alpha value is -0.940. The number of fused-ring (bicyclic) bond motifs is 3. The molecule has 1 saturated carbocycles. The summed E-state index contributed by atoms with van der Waals surface area (Å²) in [5.41, 5.74) is 1.47. The zero-order valence-electron chi connectivity index (χ0n) is 11.9. The van der Waals surface area contributed by atoms with Crippen LogP contribution in [0.25, 0.3) is 10.2 Å². The number of hydrogen-bond donors (Lipinski definition) is 0. The summed E-state index contributed by atoms with van der Waals surface area (Å²) < 4.78 is 0. The number of ketones is 1. The highest BCUT2D eigenvalue weighted by Gasteiger charge is 2.26. The fourth-order valence-electron chi connectivity index (χ4n) is 3.36. The molecule has 0 N–H and O–H groups in total. The summed E-state index contributed by atoms with van der Waals surface area (Å²) in [4.78, 5) is 23.7. The van der Waals surface area contributed by atoms with Crippen molar-refractivity contribution in [3.63, 3.8) is 0 Å². The van der Waals surface area contributed by atoms with E-state index in [1.807, 2.05) is 11.3 Å². The number of aryl methyl sites for hydroxylation is 2. The topological polar surface area (TPSA) is 42.9 Å². The number of Topliss-reactive ketones (excluding diaryl/α,β-unsaturated/α-hetero) is 1. The lowest BCUT2D eigenvalue weighted by atomic mass is 9.97. The van der Waals surface area contributed by atoms with E-state index in [-0.39, 0.29) is 5.25 Å². The Balaban J connectivity index is 1.74. The Bertz CT molecular complexity index is 695. The molecule has 2 aliphatic carbocycles. The summed E-state index contributed by atoms with van der Waals surface area (Å²) in [6.07, 6.45) is 10.5. The molecule has 2 aromatic rings. The maximum atomic E-state index is 12.1. The molecule has 0 saturated heterocycles. The second-order valence-electron chi connectivity index (χ2n) is 5.89. The van der Waals surface area contributed by atoms with Crippen LogP contribution >= 0.6 is 23.1 Å². The Labute approximate surface area is 132 Å². The van der Waals surface area contributed by atoms with Crippen LogP contribution in [0.5, 0.6) is 0 Å². The smallest absolute Gasteiger partial charge is 0.146 e. The minimum absolute atomic E-state index is 0.107. The fraction of sp³-hybridized carbons (Fsp3) is 0.562. The molecule has 0 aromatic carbocycles. The molecule has 110 valence electrons. The van der Waals surface area contributed by atoms with Crippen LogP contribution in [0.1, 0.15) is 49.0 Å². The van der Waals surface area contributed by atoms with Crippen molar-refractivity contribution in [3.05, 3.63) is 16.8 Å². The number of thiophene rings is 1. The van der Waals surface area contributed by atoms with Crippen molar-refractivity contribution < 1.29 is 4.79 Å². The van der Waals surface area contributed by atoms with Gasteiger partial charge in [0.1, 0.15) is 22.0 Å². The molecule has 0 radical (unpaired) electrons. The molecule has 0 aliphatic heterocycles. The quantitative estimate of drug-likeness (QED) is 0.779. The first-order chi connectivity index (χ1) is 10.3. The highest BCUT2D eigenvalue weighted by Crippen LogP contribution is 2.41. The van der Waals surface area contributed by atoms with Crippen LogP contribution in [-0.4, -0.2) is 21.0 Å². The average molecular weight is 318 g/mol. The van der Waals surface area contributed by atoms with Gasteiger partial charge in [-0.2, -0.15) is 0 Å². The molecule has 0 bridgehead atoms. The molecule has 1 fully saturated rings. The normalized spacial score (nSPS) is 22.5. The zero-order valence-corrected chi connectivity index (χ0v) is 13.6. The molecule has 0 unspecified atom stereocenters. The van der Waals surface area contributed by atoms with Gasteiger partial charge in [0.2, 0.25) is 0 Å². The van der Waals surface area contributed by atoms with Gasteiger partial charge in [0.25, 0.3) is 0 Å². The molecule has 4 rings (SSSR count).